The maximum absolute atomic E-state index is 8.78. The first-order valence-corrected chi connectivity index (χ1v) is 6.69. The summed E-state index contributed by atoms with van der Waals surface area (Å²) in [5.41, 5.74) is 7.84. The predicted octanol–water partition coefficient (Wildman–Crippen LogP) is 2.78. The van der Waals surface area contributed by atoms with Gasteiger partial charge < -0.3 is 11.1 Å². The molecule has 0 aromatic carbocycles. The molecule has 0 spiro atoms. The molecule has 2 heterocycles. The Kier molecular flexibility index (Phi) is 3.67. The van der Waals surface area contributed by atoms with Crippen LogP contribution in [0.1, 0.15) is 34.1 Å². The highest BCUT2D eigenvalue weighted by atomic mass is 32.1. The summed E-state index contributed by atoms with van der Waals surface area (Å²) in [6.45, 7) is 6.02. The van der Waals surface area contributed by atoms with Crippen molar-refractivity contribution in [2.24, 2.45) is 0 Å². The van der Waals surface area contributed by atoms with Gasteiger partial charge in [0.2, 0.25) is 0 Å². The first kappa shape index (κ1) is 13.3. The number of nitrogens with one attached hydrogen (secondary N) is 1. The standard InChI is InChI=1S/C13H15N5S/c1-7-12(19-9(3)17-7)8(2)18-13-11(15)4-10(5-14)6-16-13/h4,6,8H,15H2,1-3H3,(H,16,18). The Bertz CT molecular complexity index is 641. The van der Waals surface area contributed by atoms with Crippen molar-refractivity contribution in [2.45, 2.75) is 26.8 Å². The normalized spacial score (nSPS) is 11.9. The molecule has 2 rings (SSSR count). The van der Waals surface area contributed by atoms with Gasteiger partial charge in [-0.2, -0.15) is 5.26 Å². The van der Waals surface area contributed by atoms with Gasteiger partial charge in [-0.15, -0.1) is 11.3 Å². The maximum Gasteiger partial charge on any atom is 0.149 e. The minimum Gasteiger partial charge on any atom is -0.396 e. The molecule has 98 valence electrons. The minimum atomic E-state index is 0.0777. The lowest BCUT2D eigenvalue weighted by Gasteiger charge is -2.15. The molecule has 0 amide bonds. The Morgan fingerprint density at radius 2 is 2.21 bits per heavy atom. The highest BCUT2D eigenvalue weighted by Gasteiger charge is 2.14. The first-order valence-electron chi connectivity index (χ1n) is 5.87. The lowest BCUT2D eigenvalue weighted by Crippen LogP contribution is -2.09. The first-order chi connectivity index (χ1) is 9.01. The van der Waals surface area contributed by atoms with Crippen molar-refractivity contribution in [1.82, 2.24) is 9.97 Å². The number of nitrogens with two attached hydrogens (primary N) is 1. The van der Waals surface area contributed by atoms with E-state index in [0.717, 1.165) is 10.7 Å². The van der Waals surface area contributed by atoms with Crippen LogP contribution in [0.25, 0.3) is 0 Å². The van der Waals surface area contributed by atoms with E-state index in [0.29, 0.717) is 17.1 Å². The lowest BCUT2D eigenvalue weighted by molar-refractivity contribution is 0.880. The number of nitriles is 1. The third kappa shape index (κ3) is 2.83. The van der Waals surface area contributed by atoms with Gasteiger partial charge in [-0.25, -0.2) is 9.97 Å². The van der Waals surface area contributed by atoms with Gasteiger partial charge in [0.15, 0.2) is 0 Å². The zero-order valence-corrected chi connectivity index (χ0v) is 11.9. The van der Waals surface area contributed by atoms with E-state index in [4.69, 9.17) is 11.0 Å². The lowest BCUT2D eigenvalue weighted by atomic mass is 10.2. The molecule has 6 heteroatoms. The third-order valence-corrected chi connectivity index (χ3v) is 3.99. The van der Waals surface area contributed by atoms with Gasteiger partial charge in [-0.3, -0.25) is 0 Å². The molecule has 0 aliphatic rings. The summed E-state index contributed by atoms with van der Waals surface area (Å²) in [5, 5.41) is 13.1. The SMILES string of the molecule is Cc1nc(C)c(C(C)Nc2ncc(C#N)cc2N)s1. The number of hydrogen-bond acceptors (Lipinski definition) is 6. The minimum absolute atomic E-state index is 0.0777. The van der Waals surface area contributed by atoms with Crippen molar-refractivity contribution in [2.75, 3.05) is 11.1 Å². The van der Waals surface area contributed by atoms with Crippen LogP contribution in [-0.2, 0) is 0 Å². The number of rotatable bonds is 3. The second-order valence-electron chi connectivity index (χ2n) is 4.32. The van der Waals surface area contributed by atoms with Crippen LogP contribution in [0.2, 0.25) is 0 Å². The van der Waals surface area contributed by atoms with Gasteiger partial charge in [0.1, 0.15) is 11.9 Å². The monoisotopic (exact) mass is 273 g/mol. The number of nitrogens with zero attached hydrogens (tertiary/aromatic N) is 3. The molecule has 1 unspecified atom stereocenters. The molecule has 0 aliphatic carbocycles. The van der Waals surface area contributed by atoms with Gasteiger partial charge in [0.25, 0.3) is 0 Å². The van der Waals surface area contributed by atoms with Gasteiger partial charge in [-0.05, 0) is 26.8 Å². The molecule has 2 aromatic heterocycles. The van der Waals surface area contributed by atoms with Crippen LogP contribution in [0.3, 0.4) is 0 Å². The van der Waals surface area contributed by atoms with Crippen LogP contribution in [0.5, 0.6) is 0 Å². The Morgan fingerprint density at radius 3 is 2.74 bits per heavy atom. The number of aromatic nitrogens is 2. The molecular weight excluding hydrogens is 258 g/mol. The average Bonchev–Trinajstić information content (AvgIpc) is 2.71. The predicted molar refractivity (Wildman–Crippen MR) is 77.0 cm³/mol. The molecule has 1 atom stereocenters. The Morgan fingerprint density at radius 1 is 1.47 bits per heavy atom. The van der Waals surface area contributed by atoms with Crippen molar-refractivity contribution < 1.29 is 0 Å². The number of thiazole rings is 1. The van der Waals surface area contributed by atoms with Crippen molar-refractivity contribution in [3.63, 3.8) is 0 Å². The van der Waals surface area contributed by atoms with E-state index >= 15 is 0 Å². The summed E-state index contributed by atoms with van der Waals surface area (Å²) < 4.78 is 0. The maximum atomic E-state index is 8.78. The zero-order chi connectivity index (χ0) is 14.0. The average molecular weight is 273 g/mol. The molecule has 3 N–H and O–H groups in total. The van der Waals surface area contributed by atoms with E-state index in [1.807, 2.05) is 26.8 Å². The zero-order valence-electron chi connectivity index (χ0n) is 11.1. The molecule has 0 radical (unpaired) electrons. The van der Waals surface area contributed by atoms with Crippen molar-refractivity contribution in [1.29, 1.82) is 5.26 Å². The Hall–Kier alpha value is -2.13. The number of pyridine rings is 1. The topological polar surface area (TPSA) is 87.6 Å². The number of anilines is 2. The van der Waals surface area contributed by atoms with Crippen LogP contribution in [-0.4, -0.2) is 9.97 Å². The molecule has 0 aliphatic heterocycles. The van der Waals surface area contributed by atoms with Gasteiger partial charge in [0.05, 0.1) is 28.0 Å². The smallest absolute Gasteiger partial charge is 0.149 e. The largest absolute Gasteiger partial charge is 0.396 e. The molecular formula is C13H15N5S. The second-order valence-corrected chi connectivity index (χ2v) is 5.56. The summed E-state index contributed by atoms with van der Waals surface area (Å²) in [7, 11) is 0. The van der Waals surface area contributed by atoms with Crippen molar-refractivity contribution in [3.05, 3.63) is 33.4 Å². The van der Waals surface area contributed by atoms with E-state index < -0.39 is 0 Å². The highest BCUT2D eigenvalue weighted by molar-refractivity contribution is 7.11. The summed E-state index contributed by atoms with van der Waals surface area (Å²) in [6, 6.07) is 3.71. The van der Waals surface area contributed by atoms with Crippen molar-refractivity contribution in [3.8, 4) is 6.07 Å². The number of nitrogen functional groups attached to an aromatic ring is 1. The summed E-state index contributed by atoms with van der Waals surface area (Å²) >= 11 is 1.66. The second kappa shape index (κ2) is 5.24. The number of aryl methyl sites for hydroxylation is 2. The fourth-order valence-electron chi connectivity index (χ4n) is 1.88. The molecule has 5 nitrogen and oxygen atoms in total. The van der Waals surface area contributed by atoms with E-state index in [1.54, 1.807) is 17.4 Å². The fraction of sp³-hybridized carbons (Fsp3) is 0.308. The molecule has 2 aromatic rings. The van der Waals surface area contributed by atoms with Crippen LogP contribution < -0.4 is 11.1 Å². The van der Waals surface area contributed by atoms with Crippen LogP contribution >= 0.6 is 11.3 Å². The summed E-state index contributed by atoms with van der Waals surface area (Å²) in [4.78, 5) is 9.75. The summed E-state index contributed by atoms with van der Waals surface area (Å²) in [5.74, 6) is 0.594. The van der Waals surface area contributed by atoms with Crippen LogP contribution in [0.4, 0.5) is 11.5 Å². The summed E-state index contributed by atoms with van der Waals surface area (Å²) in [6.07, 6.45) is 1.51. The van der Waals surface area contributed by atoms with Gasteiger partial charge in [-0.1, -0.05) is 0 Å². The molecule has 0 saturated carbocycles. The van der Waals surface area contributed by atoms with Crippen LogP contribution in [0, 0.1) is 25.2 Å². The molecule has 19 heavy (non-hydrogen) atoms. The fourth-order valence-corrected chi connectivity index (χ4v) is 2.81. The Balaban J connectivity index is 2.22. The quantitative estimate of drug-likeness (QED) is 0.897. The van der Waals surface area contributed by atoms with E-state index in [2.05, 4.69) is 15.3 Å². The van der Waals surface area contributed by atoms with Crippen LogP contribution in [0.15, 0.2) is 12.3 Å². The van der Waals surface area contributed by atoms with E-state index in [1.165, 1.54) is 11.1 Å². The van der Waals surface area contributed by atoms with Crippen molar-refractivity contribution >= 4 is 22.8 Å². The van der Waals surface area contributed by atoms with E-state index in [-0.39, 0.29) is 6.04 Å². The van der Waals surface area contributed by atoms with Gasteiger partial charge >= 0.3 is 0 Å². The Labute approximate surface area is 116 Å². The van der Waals surface area contributed by atoms with E-state index in [9.17, 15) is 0 Å². The van der Waals surface area contributed by atoms with Gasteiger partial charge in [0, 0.05) is 11.1 Å². The molecule has 0 bridgehead atoms. The molecule has 0 fully saturated rings. The third-order valence-electron chi connectivity index (χ3n) is 2.73. The highest BCUT2D eigenvalue weighted by Crippen LogP contribution is 2.28. The molecule has 0 saturated heterocycles. The number of hydrogen-bond donors (Lipinski definition) is 2.